The molecule has 28 heavy (non-hydrogen) atoms. The standard InChI is InChI=1S/C19H15FN6OS/c1-2-13-16(11-3-5-26-12(7-11)8-15(25-26)22-10-27)14-9-23-24-18(14)19(17(13)20)28-6-4-21/h3,5,7-10H,2,6H2,1H3,(H,23,24)(H,22,25,27). The quantitative estimate of drug-likeness (QED) is 0.383. The molecule has 0 spiro atoms. The Balaban J connectivity index is 1.95. The van der Waals surface area contributed by atoms with Crippen molar-refractivity contribution in [3.8, 4) is 17.2 Å². The summed E-state index contributed by atoms with van der Waals surface area (Å²) < 4.78 is 17.0. The molecule has 0 aliphatic rings. The molecule has 2 N–H and O–H groups in total. The van der Waals surface area contributed by atoms with Crippen LogP contribution in [0, 0.1) is 17.1 Å². The van der Waals surface area contributed by atoms with Crippen molar-refractivity contribution in [2.24, 2.45) is 0 Å². The molecule has 0 aliphatic carbocycles. The third-order valence-corrected chi connectivity index (χ3v) is 5.44. The topological polar surface area (TPSA) is 98.9 Å². The number of nitriles is 1. The van der Waals surface area contributed by atoms with Gasteiger partial charge >= 0.3 is 0 Å². The number of carbonyl (C=O) groups is 1. The van der Waals surface area contributed by atoms with Crippen LogP contribution in [0.25, 0.3) is 27.5 Å². The number of anilines is 1. The predicted molar refractivity (Wildman–Crippen MR) is 106 cm³/mol. The van der Waals surface area contributed by atoms with Crippen LogP contribution in [0.1, 0.15) is 12.5 Å². The second-order valence-electron chi connectivity index (χ2n) is 6.03. The first-order chi connectivity index (χ1) is 13.7. The van der Waals surface area contributed by atoms with Gasteiger partial charge in [-0.1, -0.05) is 6.92 Å². The van der Waals surface area contributed by atoms with Gasteiger partial charge in [0, 0.05) is 17.6 Å². The summed E-state index contributed by atoms with van der Waals surface area (Å²) in [6.45, 7) is 1.90. The number of carbonyl (C=O) groups excluding carboxylic acids is 1. The zero-order valence-electron chi connectivity index (χ0n) is 14.9. The zero-order chi connectivity index (χ0) is 19.7. The van der Waals surface area contributed by atoms with Gasteiger partial charge in [0.2, 0.25) is 6.41 Å². The molecule has 4 aromatic rings. The van der Waals surface area contributed by atoms with Crippen LogP contribution in [-0.2, 0) is 11.2 Å². The van der Waals surface area contributed by atoms with Gasteiger partial charge < -0.3 is 5.32 Å². The minimum atomic E-state index is -0.328. The van der Waals surface area contributed by atoms with Gasteiger partial charge in [0.15, 0.2) is 5.82 Å². The van der Waals surface area contributed by atoms with Crippen molar-refractivity contribution in [1.82, 2.24) is 19.8 Å². The fourth-order valence-corrected chi connectivity index (χ4v) is 4.11. The lowest BCUT2D eigenvalue weighted by atomic mass is 9.94. The van der Waals surface area contributed by atoms with E-state index in [0.717, 1.165) is 33.8 Å². The van der Waals surface area contributed by atoms with E-state index < -0.39 is 0 Å². The molecule has 1 amide bonds. The monoisotopic (exact) mass is 394 g/mol. The number of nitrogens with one attached hydrogen (secondary N) is 2. The van der Waals surface area contributed by atoms with Crippen LogP contribution in [0.5, 0.6) is 0 Å². The lowest BCUT2D eigenvalue weighted by Crippen LogP contribution is -1.99. The van der Waals surface area contributed by atoms with E-state index in [2.05, 4.69) is 20.6 Å². The van der Waals surface area contributed by atoms with Crippen LogP contribution in [0.15, 0.2) is 35.5 Å². The number of benzene rings is 1. The van der Waals surface area contributed by atoms with Crippen LogP contribution in [0.4, 0.5) is 10.2 Å². The lowest BCUT2D eigenvalue weighted by molar-refractivity contribution is -0.105. The van der Waals surface area contributed by atoms with Crippen molar-refractivity contribution in [2.45, 2.75) is 18.2 Å². The Hall–Kier alpha value is -3.38. The molecule has 1 aromatic carbocycles. The van der Waals surface area contributed by atoms with E-state index in [0.29, 0.717) is 34.6 Å². The molecule has 0 unspecified atom stereocenters. The summed E-state index contributed by atoms with van der Waals surface area (Å²) in [7, 11) is 0. The minimum Gasteiger partial charge on any atom is -0.312 e. The highest BCUT2D eigenvalue weighted by Crippen LogP contribution is 2.40. The first-order valence-corrected chi connectivity index (χ1v) is 9.53. The molecule has 0 saturated heterocycles. The SMILES string of the molecule is CCc1c(F)c(SCC#N)c2[nH]ncc2c1-c1ccn2nc(NC=O)cc2c1. The lowest BCUT2D eigenvalue weighted by Gasteiger charge is -2.15. The predicted octanol–water partition coefficient (Wildman–Crippen LogP) is 3.76. The molecular formula is C19H15FN6OS. The number of thioether (sulfide) groups is 1. The Labute approximate surface area is 163 Å². The number of amides is 1. The van der Waals surface area contributed by atoms with Gasteiger partial charge in [0.05, 0.1) is 33.9 Å². The summed E-state index contributed by atoms with van der Waals surface area (Å²) in [5, 5.41) is 23.4. The number of pyridine rings is 1. The molecule has 4 rings (SSSR count). The molecule has 0 radical (unpaired) electrons. The van der Waals surface area contributed by atoms with Crippen LogP contribution < -0.4 is 5.32 Å². The van der Waals surface area contributed by atoms with E-state index in [1.54, 1.807) is 23.0 Å². The van der Waals surface area contributed by atoms with Crippen LogP contribution in [0.2, 0.25) is 0 Å². The first kappa shape index (κ1) is 18.0. The Morgan fingerprint density at radius 3 is 3.07 bits per heavy atom. The fraction of sp³-hybridized carbons (Fsp3) is 0.158. The second-order valence-corrected chi connectivity index (χ2v) is 7.02. The van der Waals surface area contributed by atoms with Crippen molar-refractivity contribution in [1.29, 1.82) is 5.26 Å². The Morgan fingerprint density at radius 2 is 2.32 bits per heavy atom. The Kier molecular flexibility index (Phi) is 4.71. The van der Waals surface area contributed by atoms with Crippen molar-refractivity contribution in [3.05, 3.63) is 42.0 Å². The zero-order valence-corrected chi connectivity index (χ0v) is 15.7. The van der Waals surface area contributed by atoms with Crippen LogP contribution >= 0.6 is 11.8 Å². The molecule has 9 heteroatoms. The number of fused-ring (bicyclic) bond motifs is 2. The molecule has 0 atom stereocenters. The maximum Gasteiger partial charge on any atom is 0.212 e. The minimum absolute atomic E-state index is 0.155. The van der Waals surface area contributed by atoms with Crippen molar-refractivity contribution in [3.63, 3.8) is 0 Å². The molecule has 140 valence electrons. The van der Waals surface area contributed by atoms with E-state index in [4.69, 9.17) is 5.26 Å². The molecule has 0 saturated carbocycles. The number of rotatable bonds is 6. The maximum absolute atomic E-state index is 15.3. The summed E-state index contributed by atoms with van der Waals surface area (Å²) in [6.07, 6.45) is 4.51. The highest BCUT2D eigenvalue weighted by Gasteiger charge is 2.21. The Bertz CT molecular complexity index is 1240. The van der Waals surface area contributed by atoms with Crippen molar-refractivity contribution < 1.29 is 9.18 Å². The van der Waals surface area contributed by atoms with Gasteiger partial charge in [-0.3, -0.25) is 9.89 Å². The normalized spacial score (nSPS) is 11.0. The van der Waals surface area contributed by atoms with E-state index in [-0.39, 0.29) is 11.6 Å². The largest absolute Gasteiger partial charge is 0.312 e. The number of aromatic amines is 1. The molecule has 3 heterocycles. The average molecular weight is 394 g/mol. The third-order valence-electron chi connectivity index (χ3n) is 4.50. The number of nitrogens with zero attached hydrogens (tertiary/aromatic N) is 4. The average Bonchev–Trinajstić information content (AvgIpc) is 3.32. The van der Waals surface area contributed by atoms with Gasteiger partial charge in [-0.15, -0.1) is 11.8 Å². The molecule has 0 bridgehead atoms. The third kappa shape index (κ3) is 2.88. The van der Waals surface area contributed by atoms with E-state index >= 15 is 4.39 Å². The molecule has 7 nitrogen and oxygen atoms in total. The summed E-state index contributed by atoms with van der Waals surface area (Å²) in [4.78, 5) is 11.1. The highest BCUT2D eigenvalue weighted by molar-refractivity contribution is 7.99. The fourth-order valence-electron chi connectivity index (χ4n) is 3.35. The molecule has 3 aromatic heterocycles. The smallest absolute Gasteiger partial charge is 0.212 e. The maximum atomic E-state index is 15.3. The summed E-state index contributed by atoms with van der Waals surface area (Å²) in [6, 6.07) is 7.53. The van der Waals surface area contributed by atoms with Gasteiger partial charge in [0.1, 0.15) is 5.82 Å². The molecule has 0 fully saturated rings. The summed E-state index contributed by atoms with van der Waals surface area (Å²) in [5.41, 5.74) is 3.51. The van der Waals surface area contributed by atoms with Crippen molar-refractivity contribution in [2.75, 3.05) is 11.1 Å². The Morgan fingerprint density at radius 1 is 1.46 bits per heavy atom. The molecular weight excluding hydrogens is 379 g/mol. The van der Waals surface area contributed by atoms with Crippen LogP contribution in [-0.4, -0.2) is 32.0 Å². The van der Waals surface area contributed by atoms with Gasteiger partial charge in [0.25, 0.3) is 0 Å². The molecule has 0 aliphatic heterocycles. The summed E-state index contributed by atoms with van der Waals surface area (Å²) in [5.74, 6) is 0.263. The number of halogens is 1. The number of H-pyrrole nitrogens is 1. The summed E-state index contributed by atoms with van der Waals surface area (Å²) >= 11 is 1.16. The highest BCUT2D eigenvalue weighted by atomic mass is 32.2. The van der Waals surface area contributed by atoms with Gasteiger partial charge in [-0.2, -0.15) is 15.5 Å². The van der Waals surface area contributed by atoms with E-state index in [9.17, 15) is 4.79 Å². The second kappa shape index (κ2) is 7.32. The van der Waals surface area contributed by atoms with Gasteiger partial charge in [-0.25, -0.2) is 8.91 Å². The number of hydrogen-bond acceptors (Lipinski definition) is 5. The van der Waals surface area contributed by atoms with Gasteiger partial charge in [-0.05, 0) is 35.2 Å². The van der Waals surface area contributed by atoms with E-state index in [1.807, 2.05) is 25.1 Å². The first-order valence-electron chi connectivity index (χ1n) is 8.55. The number of hydrogen-bond donors (Lipinski definition) is 2. The van der Waals surface area contributed by atoms with Crippen LogP contribution in [0.3, 0.4) is 0 Å². The van der Waals surface area contributed by atoms with Crippen molar-refractivity contribution >= 4 is 40.4 Å². The van der Waals surface area contributed by atoms with E-state index in [1.165, 1.54) is 0 Å². The number of aromatic nitrogens is 4.